The molecule has 2 aromatic heterocycles. The van der Waals surface area contributed by atoms with Crippen LogP contribution in [0.1, 0.15) is 21.6 Å². The number of ether oxygens (including phenoxy) is 1. The van der Waals surface area contributed by atoms with Crippen LogP contribution in [0.4, 0.5) is 0 Å². The number of carbonyl (C=O) groups excluding carboxylic acids is 1. The minimum atomic E-state index is -0.410. The van der Waals surface area contributed by atoms with E-state index in [-0.39, 0.29) is 5.69 Å². The third kappa shape index (κ3) is 5.76. The Bertz CT molecular complexity index is 1520. The van der Waals surface area contributed by atoms with Crippen molar-refractivity contribution < 1.29 is 9.53 Å². The molecular weight excluding hydrogens is 488 g/mol. The van der Waals surface area contributed by atoms with Crippen LogP contribution >= 0.6 is 11.6 Å². The summed E-state index contributed by atoms with van der Waals surface area (Å²) >= 11 is 5.94. The van der Waals surface area contributed by atoms with Crippen molar-refractivity contribution in [2.45, 2.75) is 6.54 Å². The van der Waals surface area contributed by atoms with Crippen molar-refractivity contribution in [1.82, 2.24) is 25.0 Å². The van der Waals surface area contributed by atoms with Crippen LogP contribution in [0.3, 0.4) is 0 Å². The third-order valence-electron chi connectivity index (χ3n) is 5.63. The van der Waals surface area contributed by atoms with Gasteiger partial charge in [0.1, 0.15) is 11.4 Å². The molecule has 0 bridgehead atoms. The molecule has 8 nitrogen and oxygen atoms in total. The van der Waals surface area contributed by atoms with Gasteiger partial charge in [-0.25, -0.2) is 10.1 Å². The molecule has 5 aromatic rings. The number of rotatable bonds is 8. The molecule has 0 aliphatic carbocycles. The van der Waals surface area contributed by atoms with E-state index in [2.05, 4.69) is 15.6 Å². The van der Waals surface area contributed by atoms with Gasteiger partial charge in [0.15, 0.2) is 5.69 Å². The molecule has 1 N–H and O–H groups in total. The predicted molar refractivity (Wildman–Crippen MR) is 143 cm³/mol. The lowest BCUT2D eigenvalue weighted by molar-refractivity contribution is 0.0949. The number of hydrogen-bond donors (Lipinski definition) is 1. The van der Waals surface area contributed by atoms with E-state index in [4.69, 9.17) is 21.4 Å². The Hall–Kier alpha value is -4.69. The van der Waals surface area contributed by atoms with E-state index in [1.807, 2.05) is 85.1 Å². The van der Waals surface area contributed by atoms with Gasteiger partial charge in [-0.1, -0.05) is 41.9 Å². The first-order valence-corrected chi connectivity index (χ1v) is 11.9. The number of aromatic nitrogens is 4. The summed E-state index contributed by atoms with van der Waals surface area (Å²) in [6.45, 7) is 0.525. The van der Waals surface area contributed by atoms with Gasteiger partial charge in [0.25, 0.3) is 5.91 Å². The average Bonchev–Trinajstić information content (AvgIpc) is 3.58. The Labute approximate surface area is 218 Å². The number of hydrazone groups is 1. The predicted octanol–water partition coefficient (Wildman–Crippen LogP) is 5.21. The monoisotopic (exact) mass is 510 g/mol. The standard InChI is InChI=1S/C28H23ClN6O2/c1-37-25-13-9-21(10-14-25)27-22(19-35(33-27)24-5-3-2-4-6-24)17-30-31-28(36)26-15-16-34(32-26)18-20-7-11-23(29)12-8-20/h2-17,19H,18H2,1H3,(H,31,36)/b30-17-. The highest BCUT2D eigenvalue weighted by molar-refractivity contribution is 6.30. The summed E-state index contributed by atoms with van der Waals surface area (Å²) in [5, 5.41) is 14.0. The molecule has 0 saturated heterocycles. The van der Waals surface area contributed by atoms with E-state index in [1.54, 1.807) is 35.0 Å². The fourth-order valence-corrected chi connectivity index (χ4v) is 3.86. The van der Waals surface area contributed by atoms with Gasteiger partial charge in [0.2, 0.25) is 0 Å². The highest BCUT2D eigenvalue weighted by Gasteiger charge is 2.13. The van der Waals surface area contributed by atoms with Crippen LogP contribution in [0, 0.1) is 0 Å². The van der Waals surface area contributed by atoms with Crippen LogP contribution in [0.25, 0.3) is 16.9 Å². The number of benzene rings is 3. The zero-order chi connectivity index (χ0) is 25.6. The number of nitrogens with one attached hydrogen (secondary N) is 1. The Morgan fingerprint density at radius 3 is 2.49 bits per heavy atom. The van der Waals surface area contributed by atoms with Crippen molar-refractivity contribution in [2.24, 2.45) is 5.10 Å². The van der Waals surface area contributed by atoms with E-state index in [9.17, 15) is 4.79 Å². The van der Waals surface area contributed by atoms with E-state index in [0.29, 0.717) is 11.6 Å². The molecule has 0 unspecified atom stereocenters. The van der Waals surface area contributed by atoms with E-state index >= 15 is 0 Å². The maximum absolute atomic E-state index is 12.6. The Morgan fingerprint density at radius 2 is 1.76 bits per heavy atom. The fraction of sp³-hybridized carbons (Fsp3) is 0.0714. The first-order valence-electron chi connectivity index (χ1n) is 11.5. The maximum Gasteiger partial charge on any atom is 0.291 e. The lowest BCUT2D eigenvalue weighted by Gasteiger charge is -2.03. The van der Waals surface area contributed by atoms with Gasteiger partial charge in [-0.2, -0.15) is 15.3 Å². The van der Waals surface area contributed by atoms with Crippen molar-refractivity contribution in [2.75, 3.05) is 7.11 Å². The molecule has 0 radical (unpaired) electrons. The molecule has 37 heavy (non-hydrogen) atoms. The Morgan fingerprint density at radius 1 is 1.00 bits per heavy atom. The molecule has 9 heteroatoms. The quantitative estimate of drug-likeness (QED) is 0.229. The molecule has 0 aliphatic rings. The van der Waals surface area contributed by atoms with Crippen LogP contribution in [0.15, 0.2) is 102 Å². The average molecular weight is 511 g/mol. The largest absolute Gasteiger partial charge is 0.497 e. The van der Waals surface area contributed by atoms with Crippen LogP contribution in [0.5, 0.6) is 5.75 Å². The highest BCUT2D eigenvalue weighted by Crippen LogP contribution is 2.25. The molecule has 5 rings (SSSR count). The number of nitrogens with zero attached hydrogens (tertiary/aromatic N) is 5. The van der Waals surface area contributed by atoms with Crippen molar-refractivity contribution in [3.05, 3.63) is 119 Å². The summed E-state index contributed by atoms with van der Waals surface area (Å²) in [7, 11) is 1.63. The van der Waals surface area contributed by atoms with Crippen molar-refractivity contribution in [3.63, 3.8) is 0 Å². The van der Waals surface area contributed by atoms with Gasteiger partial charge in [-0.05, 0) is 60.2 Å². The Kier molecular flexibility index (Phi) is 7.09. The molecule has 0 saturated carbocycles. The summed E-state index contributed by atoms with van der Waals surface area (Å²) in [6.07, 6.45) is 5.19. The molecule has 0 atom stereocenters. The number of methoxy groups -OCH3 is 1. The molecule has 3 aromatic carbocycles. The number of carbonyl (C=O) groups is 1. The lowest BCUT2D eigenvalue weighted by Crippen LogP contribution is -2.18. The summed E-state index contributed by atoms with van der Waals surface area (Å²) in [5.41, 5.74) is 7.11. The van der Waals surface area contributed by atoms with Crippen molar-refractivity contribution in [1.29, 1.82) is 0 Å². The zero-order valence-electron chi connectivity index (χ0n) is 20.0. The van der Waals surface area contributed by atoms with E-state index in [0.717, 1.165) is 33.8 Å². The summed E-state index contributed by atoms with van der Waals surface area (Å²) in [4.78, 5) is 12.6. The number of para-hydroxylation sites is 1. The van der Waals surface area contributed by atoms with Crippen LogP contribution < -0.4 is 10.2 Å². The Balaban J connectivity index is 1.33. The van der Waals surface area contributed by atoms with Gasteiger partial charge in [0, 0.05) is 28.5 Å². The van der Waals surface area contributed by atoms with Crippen LogP contribution in [-0.2, 0) is 6.54 Å². The maximum atomic E-state index is 12.6. The number of amides is 1. The normalized spacial score (nSPS) is 11.1. The lowest BCUT2D eigenvalue weighted by atomic mass is 10.1. The van der Waals surface area contributed by atoms with Gasteiger partial charge >= 0.3 is 0 Å². The minimum Gasteiger partial charge on any atom is -0.497 e. The van der Waals surface area contributed by atoms with Gasteiger partial charge < -0.3 is 4.74 Å². The smallest absolute Gasteiger partial charge is 0.291 e. The van der Waals surface area contributed by atoms with E-state index < -0.39 is 5.91 Å². The van der Waals surface area contributed by atoms with Gasteiger partial charge in [0.05, 0.1) is 25.6 Å². The molecule has 184 valence electrons. The molecular formula is C28H23ClN6O2. The molecule has 2 heterocycles. The second kappa shape index (κ2) is 10.9. The van der Waals surface area contributed by atoms with Gasteiger partial charge in [-0.3, -0.25) is 9.48 Å². The van der Waals surface area contributed by atoms with Crippen LogP contribution in [-0.4, -0.2) is 38.8 Å². The second-order valence-electron chi connectivity index (χ2n) is 8.17. The minimum absolute atomic E-state index is 0.265. The SMILES string of the molecule is COc1ccc(-c2nn(-c3ccccc3)cc2/C=N\NC(=O)c2ccn(Cc3ccc(Cl)cc3)n2)cc1. The van der Waals surface area contributed by atoms with Crippen LogP contribution in [0.2, 0.25) is 5.02 Å². The topological polar surface area (TPSA) is 86.3 Å². The number of hydrogen-bond acceptors (Lipinski definition) is 5. The zero-order valence-corrected chi connectivity index (χ0v) is 20.7. The third-order valence-corrected chi connectivity index (χ3v) is 5.88. The van der Waals surface area contributed by atoms with Crippen molar-refractivity contribution >= 4 is 23.7 Å². The molecule has 0 spiro atoms. The molecule has 0 aliphatic heterocycles. The first kappa shape index (κ1) is 24.0. The molecule has 0 fully saturated rings. The molecule has 1 amide bonds. The first-order chi connectivity index (χ1) is 18.1. The van der Waals surface area contributed by atoms with Crippen molar-refractivity contribution in [3.8, 4) is 22.7 Å². The van der Waals surface area contributed by atoms with E-state index in [1.165, 1.54) is 0 Å². The number of halogens is 1. The summed E-state index contributed by atoms with van der Waals surface area (Å²) in [5.74, 6) is 0.344. The fourth-order valence-electron chi connectivity index (χ4n) is 3.73. The second-order valence-corrected chi connectivity index (χ2v) is 8.60. The van der Waals surface area contributed by atoms with Gasteiger partial charge in [-0.15, -0.1) is 0 Å². The highest BCUT2D eigenvalue weighted by atomic mass is 35.5. The summed E-state index contributed by atoms with van der Waals surface area (Å²) < 4.78 is 8.74. The summed E-state index contributed by atoms with van der Waals surface area (Å²) in [6, 6.07) is 26.5.